The molecule has 1 amide bonds. The molecule has 0 spiro atoms. The molecule has 2 saturated heterocycles. The minimum absolute atomic E-state index is 0.0447. The second kappa shape index (κ2) is 11.3. The molecule has 4 rings (SSSR count). The summed E-state index contributed by atoms with van der Waals surface area (Å²) < 4.78 is 12.1. The molecule has 32 heavy (non-hydrogen) atoms. The van der Waals surface area contributed by atoms with Crippen molar-refractivity contribution in [2.75, 3.05) is 19.8 Å². The van der Waals surface area contributed by atoms with E-state index in [-0.39, 0.29) is 24.2 Å². The van der Waals surface area contributed by atoms with Crippen LogP contribution in [0.4, 0.5) is 0 Å². The maximum atomic E-state index is 12.5. The Labute approximate surface area is 194 Å². The molecule has 2 aliphatic rings. The lowest BCUT2D eigenvalue weighted by Gasteiger charge is -2.44. The molecule has 2 aromatic carbocycles. The number of amides is 1. The van der Waals surface area contributed by atoms with Crippen molar-refractivity contribution >= 4 is 17.5 Å². The summed E-state index contributed by atoms with van der Waals surface area (Å²) in [4.78, 5) is 14.8. The Balaban J connectivity index is 1.34. The third-order valence-corrected chi connectivity index (χ3v) is 6.53. The van der Waals surface area contributed by atoms with Crippen molar-refractivity contribution < 1.29 is 19.4 Å². The van der Waals surface area contributed by atoms with Crippen LogP contribution in [0, 0.1) is 0 Å². The summed E-state index contributed by atoms with van der Waals surface area (Å²) in [6.45, 7) is 2.42. The molecule has 0 unspecified atom stereocenters. The van der Waals surface area contributed by atoms with E-state index < -0.39 is 6.10 Å². The van der Waals surface area contributed by atoms with Gasteiger partial charge in [-0.15, -0.1) is 0 Å². The van der Waals surface area contributed by atoms with E-state index in [9.17, 15) is 9.90 Å². The number of carbonyl (C=O) groups excluding carboxylic acids is 1. The molecule has 0 aliphatic carbocycles. The molecule has 0 aromatic heterocycles. The van der Waals surface area contributed by atoms with Crippen molar-refractivity contribution in [1.82, 2.24) is 10.2 Å². The standard InChI is InChI=1S/C25H31ClN2O4/c26-22-9-5-4-8-19(22)13-27-25(30)12-21-10-11-23-24(32-21)17-31-16-20(29)15-28(23)14-18-6-2-1-3-7-18/h1-9,20-21,23-24,29H,10-17H2,(H,27,30)/t20-,21+,23-,24+/m1/s1. The summed E-state index contributed by atoms with van der Waals surface area (Å²) in [5.74, 6) is -0.0447. The molecule has 0 radical (unpaired) electrons. The van der Waals surface area contributed by atoms with E-state index >= 15 is 0 Å². The topological polar surface area (TPSA) is 71.0 Å². The number of benzene rings is 2. The van der Waals surface area contributed by atoms with E-state index in [2.05, 4.69) is 22.3 Å². The van der Waals surface area contributed by atoms with Crippen LogP contribution in [0.5, 0.6) is 0 Å². The Hall–Kier alpha value is -1.96. The molecule has 0 bridgehead atoms. The van der Waals surface area contributed by atoms with Gasteiger partial charge in [-0.05, 0) is 30.0 Å². The Morgan fingerprint density at radius 2 is 1.88 bits per heavy atom. The zero-order valence-electron chi connectivity index (χ0n) is 18.2. The van der Waals surface area contributed by atoms with Gasteiger partial charge < -0.3 is 19.9 Å². The molecule has 4 atom stereocenters. The van der Waals surface area contributed by atoms with E-state index in [1.807, 2.05) is 42.5 Å². The Bertz CT molecular complexity index is 881. The molecule has 172 valence electrons. The average molecular weight is 459 g/mol. The molecule has 2 aromatic rings. The lowest BCUT2D eigenvalue weighted by molar-refractivity contribution is -0.158. The van der Waals surface area contributed by atoms with Crippen molar-refractivity contribution in [2.24, 2.45) is 0 Å². The van der Waals surface area contributed by atoms with E-state index in [1.165, 1.54) is 5.56 Å². The number of hydrogen-bond donors (Lipinski definition) is 2. The Kier molecular flexibility index (Phi) is 8.16. The van der Waals surface area contributed by atoms with E-state index in [0.29, 0.717) is 37.7 Å². The lowest BCUT2D eigenvalue weighted by Crippen LogP contribution is -2.55. The number of nitrogens with zero attached hydrogens (tertiary/aromatic N) is 1. The number of ether oxygens (including phenoxy) is 2. The number of halogens is 1. The van der Waals surface area contributed by atoms with Gasteiger partial charge in [-0.1, -0.05) is 60.1 Å². The third-order valence-electron chi connectivity index (χ3n) is 6.16. The minimum Gasteiger partial charge on any atom is -0.389 e. The summed E-state index contributed by atoms with van der Waals surface area (Å²) in [7, 11) is 0. The van der Waals surface area contributed by atoms with Crippen LogP contribution in [-0.4, -0.2) is 60.0 Å². The van der Waals surface area contributed by atoms with Gasteiger partial charge in [-0.2, -0.15) is 0 Å². The number of nitrogens with one attached hydrogen (secondary N) is 1. The van der Waals surface area contributed by atoms with Gasteiger partial charge in [-0.3, -0.25) is 9.69 Å². The summed E-state index contributed by atoms with van der Waals surface area (Å²) >= 11 is 6.17. The summed E-state index contributed by atoms with van der Waals surface area (Å²) in [6, 6.07) is 17.9. The van der Waals surface area contributed by atoms with E-state index in [0.717, 1.165) is 24.9 Å². The van der Waals surface area contributed by atoms with E-state index in [1.54, 1.807) is 0 Å². The second-order valence-electron chi connectivity index (χ2n) is 8.62. The average Bonchev–Trinajstić information content (AvgIpc) is 2.78. The van der Waals surface area contributed by atoms with Crippen LogP contribution in [0.3, 0.4) is 0 Å². The van der Waals surface area contributed by atoms with Crippen molar-refractivity contribution in [2.45, 2.75) is 56.7 Å². The maximum Gasteiger partial charge on any atom is 0.222 e. The predicted octanol–water partition coefficient (Wildman–Crippen LogP) is 3.16. The summed E-state index contributed by atoms with van der Waals surface area (Å²) in [5.41, 5.74) is 2.11. The fraction of sp³-hybridized carbons (Fsp3) is 0.480. The Morgan fingerprint density at radius 3 is 2.69 bits per heavy atom. The molecule has 2 aliphatic heterocycles. The first kappa shape index (κ1) is 23.2. The van der Waals surface area contributed by atoms with Crippen LogP contribution in [0.2, 0.25) is 5.02 Å². The predicted molar refractivity (Wildman–Crippen MR) is 123 cm³/mol. The monoisotopic (exact) mass is 458 g/mol. The van der Waals surface area contributed by atoms with Crippen LogP contribution < -0.4 is 5.32 Å². The molecule has 2 fully saturated rings. The number of hydrogen-bond acceptors (Lipinski definition) is 5. The van der Waals surface area contributed by atoms with Crippen LogP contribution in [0.25, 0.3) is 0 Å². The number of aliphatic hydroxyl groups excluding tert-OH is 1. The Morgan fingerprint density at radius 1 is 1.09 bits per heavy atom. The molecule has 7 heteroatoms. The smallest absolute Gasteiger partial charge is 0.222 e. The van der Waals surface area contributed by atoms with Gasteiger partial charge in [0.15, 0.2) is 0 Å². The highest BCUT2D eigenvalue weighted by atomic mass is 35.5. The largest absolute Gasteiger partial charge is 0.389 e. The van der Waals surface area contributed by atoms with Crippen molar-refractivity contribution in [3.63, 3.8) is 0 Å². The van der Waals surface area contributed by atoms with Crippen molar-refractivity contribution in [3.05, 3.63) is 70.7 Å². The van der Waals surface area contributed by atoms with Gasteiger partial charge in [0.1, 0.15) is 0 Å². The number of rotatable bonds is 6. The maximum absolute atomic E-state index is 12.5. The first-order valence-electron chi connectivity index (χ1n) is 11.3. The zero-order valence-corrected chi connectivity index (χ0v) is 18.9. The highest BCUT2D eigenvalue weighted by Crippen LogP contribution is 2.28. The number of aliphatic hydroxyl groups is 1. The molecule has 2 heterocycles. The van der Waals surface area contributed by atoms with Crippen molar-refractivity contribution in [3.8, 4) is 0 Å². The number of β-amino-alcohol motifs (C(OH)–C–C–N with tert-alkyl or cyclic N) is 1. The zero-order chi connectivity index (χ0) is 22.3. The van der Waals surface area contributed by atoms with Gasteiger partial charge in [0.05, 0.1) is 37.9 Å². The molecular weight excluding hydrogens is 428 g/mol. The van der Waals surface area contributed by atoms with Gasteiger partial charge in [0.25, 0.3) is 0 Å². The van der Waals surface area contributed by atoms with E-state index in [4.69, 9.17) is 21.1 Å². The van der Waals surface area contributed by atoms with Crippen molar-refractivity contribution in [1.29, 1.82) is 0 Å². The van der Waals surface area contributed by atoms with Gasteiger partial charge in [0, 0.05) is 30.7 Å². The fourth-order valence-corrected chi connectivity index (χ4v) is 4.76. The van der Waals surface area contributed by atoms with Crippen LogP contribution >= 0.6 is 11.6 Å². The molecule has 2 N–H and O–H groups in total. The number of carbonyl (C=O) groups is 1. The van der Waals surface area contributed by atoms with Gasteiger partial charge in [-0.25, -0.2) is 0 Å². The summed E-state index contributed by atoms with van der Waals surface area (Å²) in [5, 5.41) is 13.9. The molecule has 6 nitrogen and oxygen atoms in total. The first-order chi connectivity index (χ1) is 15.6. The van der Waals surface area contributed by atoms with Crippen LogP contribution in [0.1, 0.15) is 30.4 Å². The van der Waals surface area contributed by atoms with Crippen LogP contribution in [-0.2, 0) is 27.4 Å². The first-order valence-corrected chi connectivity index (χ1v) is 11.7. The normalized spacial score (nSPS) is 26.6. The molecular formula is C25H31ClN2O4. The lowest BCUT2D eigenvalue weighted by atomic mass is 9.94. The minimum atomic E-state index is -0.520. The summed E-state index contributed by atoms with van der Waals surface area (Å²) in [6.07, 6.45) is 1.22. The van der Waals surface area contributed by atoms with Gasteiger partial charge >= 0.3 is 0 Å². The third kappa shape index (κ3) is 6.30. The number of fused-ring (bicyclic) bond motifs is 1. The van der Waals surface area contributed by atoms with Gasteiger partial charge in [0.2, 0.25) is 5.91 Å². The quantitative estimate of drug-likeness (QED) is 0.695. The molecule has 0 saturated carbocycles. The second-order valence-corrected chi connectivity index (χ2v) is 9.03. The highest BCUT2D eigenvalue weighted by molar-refractivity contribution is 6.31. The fourth-order valence-electron chi connectivity index (χ4n) is 4.56. The van der Waals surface area contributed by atoms with Crippen LogP contribution in [0.15, 0.2) is 54.6 Å². The SMILES string of the molecule is O=C(C[C@@H]1CC[C@@H]2[C@H](COC[C@H](O)CN2Cc2ccccc2)O1)NCc1ccccc1Cl. The highest BCUT2D eigenvalue weighted by Gasteiger charge is 2.38.